The van der Waals surface area contributed by atoms with Crippen molar-refractivity contribution in [2.24, 2.45) is 0 Å². The minimum Gasteiger partial charge on any atom is -0.325 e. The van der Waals surface area contributed by atoms with Gasteiger partial charge in [0.05, 0.1) is 5.75 Å². The van der Waals surface area contributed by atoms with E-state index in [1.54, 1.807) is 17.8 Å². The average molecular weight is 342 g/mol. The fourth-order valence-corrected chi connectivity index (χ4v) is 3.72. The van der Waals surface area contributed by atoms with Crippen molar-refractivity contribution < 1.29 is 4.79 Å². The summed E-state index contributed by atoms with van der Waals surface area (Å²) >= 11 is 13.7. The number of benzene rings is 1. The molecule has 1 aromatic carbocycles. The molecule has 0 radical (unpaired) electrons. The van der Waals surface area contributed by atoms with Crippen molar-refractivity contribution in [3.63, 3.8) is 0 Å². The lowest BCUT2D eigenvalue weighted by molar-refractivity contribution is -0.127. The van der Waals surface area contributed by atoms with Crippen molar-refractivity contribution in [2.75, 3.05) is 25.9 Å². The third-order valence-corrected chi connectivity index (χ3v) is 4.60. The molecule has 1 aromatic rings. The van der Waals surface area contributed by atoms with E-state index >= 15 is 0 Å². The summed E-state index contributed by atoms with van der Waals surface area (Å²) < 4.78 is 0. The van der Waals surface area contributed by atoms with Gasteiger partial charge in [-0.3, -0.25) is 4.79 Å². The highest BCUT2D eigenvalue weighted by atomic mass is 35.5. The first-order valence-electron chi connectivity index (χ1n) is 5.64. The van der Waals surface area contributed by atoms with Gasteiger partial charge in [0.25, 0.3) is 0 Å². The van der Waals surface area contributed by atoms with Gasteiger partial charge in [0.15, 0.2) is 0 Å². The maximum Gasteiger partial charge on any atom is 0.233 e. The third-order valence-electron chi connectivity index (χ3n) is 2.80. The second-order valence-electron chi connectivity index (χ2n) is 4.02. The molecule has 2 rings (SSSR count). The molecular formula is C12H15Cl3N2OS. The van der Waals surface area contributed by atoms with Crippen molar-refractivity contribution in [3.05, 3.63) is 33.8 Å². The molecule has 1 atom stereocenters. The largest absolute Gasteiger partial charge is 0.325 e. The van der Waals surface area contributed by atoms with E-state index in [1.165, 1.54) is 0 Å². The molecule has 0 spiro atoms. The number of likely N-dealkylation sites (N-methyl/N-ethyl adjacent to an activating group) is 1. The van der Waals surface area contributed by atoms with Crippen molar-refractivity contribution >= 4 is 53.3 Å². The molecule has 3 nitrogen and oxygen atoms in total. The zero-order valence-electron chi connectivity index (χ0n) is 10.4. The predicted octanol–water partition coefficient (Wildman–Crippen LogP) is 3.21. The summed E-state index contributed by atoms with van der Waals surface area (Å²) in [7, 11) is 1.87. The molecule has 0 aliphatic carbocycles. The number of halogens is 3. The first-order chi connectivity index (χ1) is 8.63. The minimum atomic E-state index is -0.00406. The van der Waals surface area contributed by atoms with E-state index in [9.17, 15) is 4.79 Å². The van der Waals surface area contributed by atoms with Crippen LogP contribution >= 0.6 is 47.4 Å². The Hall–Kier alpha value is -0.130. The van der Waals surface area contributed by atoms with Gasteiger partial charge in [0, 0.05) is 28.7 Å². The van der Waals surface area contributed by atoms with Crippen molar-refractivity contribution in [3.8, 4) is 0 Å². The van der Waals surface area contributed by atoms with Crippen LogP contribution < -0.4 is 5.32 Å². The maximum absolute atomic E-state index is 11.9. The lowest BCUT2D eigenvalue weighted by Gasteiger charge is -2.24. The molecule has 7 heteroatoms. The number of hydrogen-bond donors (Lipinski definition) is 1. The van der Waals surface area contributed by atoms with Crippen molar-refractivity contribution in [1.29, 1.82) is 0 Å². The molecule has 0 aromatic heterocycles. The lowest BCUT2D eigenvalue weighted by Crippen LogP contribution is -2.34. The second kappa shape index (κ2) is 7.60. The lowest BCUT2D eigenvalue weighted by atomic mass is 10.2. The molecule has 1 aliphatic heterocycles. The van der Waals surface area contributed by atoms with E-state index in [2.05, 4.69) is 5.32 Å². The van der Waals surface area contributed by atoms with Crippen LogP contribution in [-0.2, 0) is 4.79 Å². The summed E-state index contributed by atoms with van der Waals surface area (Å²) in [6, 6.07) is 5.42. The van der Waals surface area contributed by atoms with Crippen molar-refractivity contribution in [2.45, 2.75) is 5.37 Å². The third kappa shape index (κ3) is 3.92. The Balaban J connectivity index is 0.00000180. The smallest absolute Gasteiger partial charge is 0.233 e. The van der Waals surface area contributed by atoms with Gasteiger partial charge in [0.2, 0.25) is 5.91 Å². The minimum absolute atomic E-state index is 0. The molecule has 1 saturated heterocycles. The van der Waals surface area contributed by atoms with Crippen LogP contribution in [0.15, 0.2) is 18.2 Å². The Kier molecular flexibility index (Phi) is 6.77. The summed E-state index contributed by atoms with van der Waals surface area (Å²) in [5.41, 5.74) is 0.952. The normalized spacial score (nSPS) is 18.6. The molecule has 106 valence electrons. The van der Waals surface area contributed by atoms with Crippen LogP contribution in [0.1, 0.15) is 10.9 Å². The monoisotopic (exact) mass is 340 g/mol. The van der Waals surface area contributed by atoms with Gasteiger partial charge in [-0.25, -0.2) is 0 Å². The standard InChI is InChI=1S/C12H14Cl2N2OS.ClH/c1-15-4-5-16-11(17)7-18-12(16)9-3-2-8(13)6-10(9)14;/h2-3,6,12,15H,4-5,7H2,1H3;1H. The summed E-state index contributed by atoms with van der Waals surface area (Å²) in [6.45, 7) is 1.46. The summed E-state index contributed by atoms with van der Waals surface area (Å²) in [5.74, 6) is 0.666. The molecule has 1 aliphatic rings. The molecule has 1 heterocycles. The van der Waals surface area contributed by atoms with Crippen LogP contribution in [0.4, 0.5) is 0 Å². The number of carbonyl (C=O) groups excluding carboxylic acids is 1. The SMILES string of the molecule is CNCCN1C(=O)CSC1c1ccc(Cl)cc1Cl.Cl. The first-order valence-corrected chi connectivity index (χ1v) is 7.44. The number of nitrogens with one attached hydrogen (secondary N) is 1. The highest BCUT2D eigenvalue weighted by Gasteiger charge is 2.33. The van der Waals surface area contributed by atoms with Crippen molar-refractivity contribution in [1.82, 2.24) is 10.2 Å². The predicted molar refractivity (Wildman–Crippen MR) is 84.5 cm³/mol. The number of nitrogens with zero attached hydrogens (tertiary/aromatic N) is 1. The quantitative estimate of drug-likeness (QED) is 0.912. The maximum atomic E-state index is 11.9. The molecule has 1 amide bonds. The van der Waals surface area contributed by atoms with E-state index < -0.39 is 0 Å². The molecule has 1 fully saturated rings. The summed E-state index contributed by atoms with van der Waals surface area (Å²) in [4.78, 5) is 13.7. The van der Waals surface area contributed by atoms with Crippen LogP contribution in [0.5, 0.6) is 0 Å². The number of carbonyl (C=O) groups is 1. The summed E-state index contributed by atoms with van der Waals surface area (Å²) in [5, 5.41) is 4.28. The number of thioether (sulfide) groups is 1. The Morgan fingerprint density at radius 3 is 2.84 bits per heavy atom. The van der Waals surface area contributed by atoms with Crippen LogP contribution in [0.2, 0.25) is 10.0 Å². The van der Waals surface area contributed by atoms with Gasteiger partial charge in [-0.2, -0.15) is 0 Å². The first kappa shape index (κ1) is 16.9. The van der Waals surface area contributed by atoms with Gasteiger partial charge in [-0.15, -0.1) is 24.2 Å². The van der Waals surface area contributed by atoms with Gasteiger partial charge >= 0.3 is 0 Å². The van der Waals surface area contributed by atoms with E-state index in [4.69, 9.17) is 23.2 Å². The topological polar surface area (TPSA) is 32.3 Å². The van der Waals surface area contributed by atoms with Crippen LogP contribution in [0.25, 0.3) is 0 Å². The van der Waals surface area contributed by atoms with Gasteiger partial charge in [-0.05, 0) is 19.2 Å². The molecule has 0 saturated carbocycles. The van der Waals surface area contributed by atoms with Crippen LogP contribution in [-0.4, -0.2) is 36.7 Å². The average Bonchev–Trinajstić information content (AvgIpc) is 2.68. The highest BCUT2D eigenvalue weighted by Crippen LogP contribution is 2.41. The van der Waals surface area contributed by atoms with E-state index in [-0.39, 0.29) is 23.7 Å². The molecule has 0 bridgehead atoms. The van der Waals surface area contributed by atoms with E-state index in [0.29, 0.717) is 22.3 Å². The van der Waals surface area contributed by atoms with E-state index in [0.717, 1.165) is 12.1 Å². The fraction of sp³-hybridized carbons (Fsp3) is 0.417. The van der Waals surface area contributed by atoms with Gasteiger partial charge in [-0.1, -0.05) is 29.3 Å². The van der Waals surface area contributed by atoms with Gasteiger partial charge in [0.1, 0.15) is 5.37 Å². The second-order valence-corrected chi connectivity index (χ2v) is 5.93. The Bertz CT molecular complexity index is 459. The zero-order valence-corrected chi connectivity index (χ0v) is 13.5. The number of hydrogen-bond acceptors (Lipinski definition) is 3. The Morgan fingerprint density at radius 1 is 1.47 bits per heavy atom. The molecular weight excluding hydrogens is 327 g/mol. The Labute approximate surface area is 133 Å². The molecule has 19 heavy (non-hydrogen) atoms. The van der Waals surface area contributed by atoms with E-state index in [1.807, 2.05) is 24.1 Å². The molecule has 1 unspecified atom stereocenters. The summed E-state index contributed by atoms with van der Waals surface area (Å²) in [6.07, 6.45) is 0. The van der Waals surface area contributed by atoms with Gasteiger partial charge < -0.3 is 10.2 Å². The van der Waals surface area contributed by atoms with Crippen LogP contribution in [0.3, 0.4) is 0 Å². The fourth-order valence-electron chi connectivity index (χ4n) is 1.89. The highest BCUT2D eigenvalue weighted by molar-refractivity contribution is 8.00. The number of rotatable bonds is 4. The van der Waals surface area contributed by atoms with Crippen LogP contribution in [0, 0.1) is 0 Å². The molecule has 1 N–H and O–H groups in total. The number of amides is 1. The Morgan fingerprint density at radius 2 is 2.21 bits per heavy atom. The zero-order chi connectivity index (χ0) is 13.1.